The number of alkyl halides is 3. The van der Waals surface area contributed by atoms with Gasteiger partial charge in [0, 0.05) is 23.9 Å². The number of nitrogens with one attached hydrogen (secondary N) is 2. The molecule has 0 radical (unpaired) electrons. The lowest BCUT2D eigenvalue weighted by Gasteiger charge is -2.20. The third kappa shape index (κ3) is 5.65. The second-order valence-electron chi connectivity index (χ2n) is 6.88. The molecular weight excluding hydrogens is 443 g/mol. The topological polar surface area (TPSA) is 76.2 Å². The fraction of sp³-hybridized carbons (Fsp3) is 0.182. The Kier molecular flexibility index (Phi) is 6.42. The van der Waals surface area contributed by atoms with Gasteiger partial charge in [0.1, 0.15) is 11.5 Å². The lowest BCUT2D eigenvalue weighted by atomic mass is 10.2. The van der Waals surface area contributed by atoms with Gasteiger partial charge in [-0.25, -0.2) is 9.78 Å². The summed E-state index contributed by atoms with van der Waals surface area (Å²) < 4.78 is 48.3. The smallest absolute Gasteiger partial charge is 0.457 e. The van der Waals surface area contributed by atoms with Crippen molar-refractivity contribution in [3.63, 3.8) is 0 Å². The van der Waals surface area contributed by atoms with E-state index < -0.39 is 18.4 Å². The van der Waals surface area contributed by atoms with E-state index in [0.29, 0.717) is 11.5 Å². The van der Waals surface area contributed by atoms with Crippen molar-refractivity contribution in [3.05, 3.63) is 76.7 Å². The Bertz CT molecular complexity index is 1170. The molecule has 1 atom stereocenters. The average molecular weight is 461 g/mol. The highest BCUT2D eigenvalue weighted by Crippen LogP contribution is 2.25. The Morgan fingerprint density at radius 3 is 2.62 bits per heavy atom. The number of imidazole rings is 1. The van der Waals surface area contributed by atoms with Crippen LogP contribution >= 0.6 is 11.3 Å². The van der Waals surface area contributed by atoms with Crippen molar-refractivity contribution in [2.45, 2.75) is 25.4 Å². The van der Waals surface area contributed by atoms with Gasteiger partial charge < -0.3 is 14.5 Å². The first kappa shape index (κ1) is 21.8. The van der Waals surface area contributed by atoms with Gasteiger partial charge in [-0.1, -0.05) is 18.2 Å². The molecule has 10 heteroatoms. The molecule has 0 saturated heterocycles. The number of hydrogen-bond acceptors (Lipinski definition) is 6. The maximum atomic E-state index is 12.6. The number of nitrogens with zero attached hydrogens (tertiary/aromatic N) is 1. The molecule has 1 unspecified atom stereocenters. The van der Waals surface area contributed by atoms with Crippen molar-refractivity contribution in [2.24, 2.45) is 0 Å². The molecule has 0 amide bonds. The molecule has 0 spiro atoms. The predicted octanol–water partition coefficient (Wildman–Crippen LogP) is 5.18. The maximum absolute atomic E-state index is 12.6. The standard InChI is InChI=1S/C22H18F3N3O3S/c23-22(24,25)21(29)31-20(11-17-2-1-9-32-17)26-12-14-3-5-15(6-4-14)30-16-7-8-18-19(10-16)28-13-27-18/h1-10,13,20,26H,11-12H2,(H,27,28). The first-order valence-electron chi connectivity index (χ1n) is 9.60. The quantitative estimate of drug-likeness (QED) is 0.279. The Morgan fingerprint density at radius 2 is 1.91 bits per heavy atom. The Hall–Kier alpha value is -3.37. The number of aromatic nitrogens is 2. The number of esters is 1. The van der Waals surface area contributed by atoms with Gasteiger partial charge in [0.25, 0.3) is 0 Å². The van der Waals surface area contributed by atoms with Crippen molar-refractivity contribution < 1.29 is 27.4 Å². The van der Waals surface area contributed by atoms with Crippen LogP contribution in [0, 0.1) is 0 Å². The molecule has 0 saturated carbocycles. The number of ether oxygens (including phenoxy) is 2. The highest BCUT2D eigenvalue weighted by molar-refractivity contribution is 7.09. The summed E-state index contributed by atoms with van der Waals surface area (Å²) >= 11 is 1.38. The number of aromatic amines is 1. The van der Waals surface area contributed by atoms with E-state index in [1.165, 1.54) is 11.3 Å². The second kappa shape index (κ2) is 9.41. The van der Waals surface area contributed by atoms with Gasteiger partial charge in [-0.3, -0.25) is 5.32 Å². The number of benzene rings is 2. The van der Waals surface area contributed by atoms with Crippen LogP contribution in [0.25, 0.3) is 11.0 Å². The van der Waals surface area contributed by atoms with Crippen molar-refractivity contribution in [3.8, 4) is 11.5 Å². The number of carbonyl (C=O) groups is 1. The lowest BCUT2D eigenvalue weighted by molar-refractivity contribution is -0.206. The summed E-state index contributed by atoms with van der Waals surface area (Å²) in [6.45, 7) is 0.209. The van der Waals surface area contributed by atoms with Crippen LogP contribution in [0.15, 0.2) is 66.3 Å². The number of H-pyrrole nitrogens is 1. The minimum Gasteiger partial charge on any atom is -0.457 e. The minimum atomic E-state index is -5.05. The number of rotatable bonds is 8. The zero-order valence-electron chi connectivity index (χ0n) is 16.6. The van der Waals surface area contributed by atoms with Crippen molar-refractivity contribution >= 4 is 28.3 Å². The van der Waals surface area contributed by atoms with E-state index >= 15 is 0 Å². The van der Waals surface area contributed by atoms with Crippen LogP contribution in [-0.4, -0.2) is 28.3 Å². The van der Waals surface area contributed by atoms with Gasteiger partial charge in [0.15, 0.2) is 6.23 Å². The van der Waals surface area contributed by atoms with Crippen molar-refractivity contribution in [1.29, 1.82) is 0 Å². The lowest BCUT2D eigenvalue weighted by Crippen LogP contribution is -2.39. The van der Waals surface area contributed by atoms with E-state index in [2.05, 4.69) is 20.0 Å². The molecule has 4 rings (SSSR count). The van der Waals surface area contributed by atoms with Crippen LogP contribution in [0.1, 0.15) is 10.4 Å². The first-order chi connectivity index (χ1) is 15.4. The fourth-order valence-electron chi connectivity index (χ4n) is 2.98. The van der Waals surface area contributed by atoms with Crippen molar-refractivity contribution in [2.75, 3.05) is 0 Å². The summed E-state index contributed by atoms with van der Waals surface area (Å²) in [7, 11) is 0. The summed E-state index contributed by atoms with van der Waals surface area (Å²) in [5, 5.41) is 4.68. The van der Waals surface area contributed by atoms with Gasteiger partial charge in [-0.2, -0.15) is 13.2 Å². The highest BCUT2D eigenvalue weighted by Gasteiger charge is 2.42. The van der Waals surface area contributed by atoms with E-state index in [0.717, 1.165) is 21.5 Å². The van der Waals surface area contributed by atoms with E-state index in [1.807, 2.05) is 18.2 Å². The number of thiophene rings is 1. The van der Waals surface area contributed by atoms with E-state index in [4.69, 9.17) is 4.74 Å². The SMILES string of the molecule is O=C(OC(Cc1cccs1)NCc1ccc(Oc2ccc3[nH]cnc3c2)cc1)C(F)(F)F. The largest absolute Gasteiger partial charge is 0.490 e. The van der Waals surface area contributed by atoms with Crippen LogP contribution in [0.5, 0.6) is 11.5 Å². The van der Waals surface area contributed by atoms with E-state index in [-0.39, 0.29) is 13.0 Å². The molecular formula is C22H18F3N3O3S. The highest BCUT2D eigenvalue weighted by atomic mass is 32.1. The summed E-state index contributed by atoms with van der Waals surface area (Å²) in [6.07, 6.45) is -4.42. The molecule has 2 heterocycles. The third-order valence-electron chi connectivity index (χ3n) is 4.53. The van der Waals surface area contributed by atoms with Crippen LogP contribution < -0.4 is 10.1 Å². The molecule has 2 N–H and O–H groups in total. The molecule has 6 nitrogen and oxygen atoms in total. The van der Waals surface area contributed by atoms with Crippen LogP contribution in [0.4, 0.5) is 13.2 Å². The molecule has 0 aliphatic heterocycles. The van der Waals surface area contributed by atoms with E-state index in [9.17, 15) is 18.0 Å². The van der Waals surface area contributed by atoms with Gasteiger partial charge in [0.05, 0.1) is 17.4 Å². The zero-order valence-corrected chi connectivity index (χ0v) is 17.4. The molecule has 0 fully saturated rings. The number of carbonyl (C=O) groups excluding carboxylic acids is 1. The normalized spacial score (nSPS) is 12.6. The first-order valence-corrected chi connectivity index (χ1v) is 10.5. The Labute approximate surface area is 185 Å². The summed E-state index contributed by atoms with van der Waals surface area (Å²) in [6, 6.07) is 16.1. The third-order valence-corrected chi connectivity index (χ3v) is 5.43. The molecule has 2 aromatic carbocycles. The minimum absolute atomic E-state index is 0.135. The van der Waals surface area contributed by atoms with Gasteiger partial charge in [-0.05, 0) is 41.3 Å². The summed E-state index contributed by atoms with van der Waals surface area (Å²) in [5.41, 5.74) is 2.48. The Morgan fingerprint density at radius 1 is 1.12 bits per heavy atom. The zero-order chi connectivity index (χ0) is 22.6. The molecule has 2 aromatic heterocycles. The molecule has 32 heavy (non-hydrogen) atoms. The second-order valence-corrected chi connectivity index (χ2v) is 7.92. The van der Waals surface area contributed by atoms with Crippen molar-refractivity contribution in [1.82, 2.24) is 15.3 Å². The molecule has 166 valence electrons. The van der Waals surface area contributed by atoms with Gasteiger partial charge >= 0.3 is 12.1 Å². The van der Waals surface area contributed by atoms with Crippen LogP contribution in [0.2, 0.25) is 0 Å². The number of fused-ring (bicyclic) bond motifs is 1. The van der Waals surface area contributed by atoms with Gasteiger partial charge in [-0.15, -0.1) is 11.3 Å². The van der Waals surface area contributed by atoms with Crippen LogP contribution in [0.3, 0.4) is 0 Å². The molecule has 0 aliphatic carbocycles. The predicted molar refractivity (Wildman–Crippen MR) is 113 cm³/mol. The molecule has 4 aromatic rings. The summed E-state index contributed by atoms with van der Waals surface area (Å²) in [4.78, 5) is 19.3. The monoisotopic (exact) mass is 461 g/mol. The molecule has 0 bridgehead atoms. The summed E-state index contributed by atoms with van der Waals surface area (Å²) in [5.74, 6) is -0.989. The number of hydrogen-bond donors (Lipinski definition) is 2. The maximum Gasteiger partial charge on any atom is 0.490 e. The number of halogens is 3. The van der Waals surface area contributed by atoms with Crippen LogP contribution in [-0.2, 0) is 22.5 Å². The molecule has 0 aliphatic rings. The fourth-order valence-corrected chi connectivity index (χ4v) is 3.72. The van der Waals surface area contributed by atoms with E-state index in [1.54, 1.807) is 48.1 Å². The van der Waals surface area contributed by atoms with Gasteiger partial charge in [0.2, 0.25) is 0 Å². The average Bonchev–Trinajstić information content (AvgIpc) is 3.44. The Balaban J connectivity index is 1.37.